The third-order valence-electron chi connectivity index (χ3n) is 1.53. The number of carboxylic acid groups (broad SMARTS) is 1. The van der Waals surface area contributed by atoms with Crippen LogP contribution >= 0.6 is 0 Å². The summed E-state index contributed by atoms with van der Waals surface area (Å²) in [6.07, 6.45) is 1.47. The Kier molecular flexibility index (Phi) is 2.14. The fourth-order valence-corrected chi connectivity index (χ4v) is 0.945. The highest BCUT2D eigenvalue weighted by atomic mass is 16.4. The van der Waals surface area contributed by atoms with E-state index in [0.29, 0.717) is 11.3 Å². The molecule has 0 aliphatic carbocycles. The SMILES string of the molecule is C=Cc1cc(N)ccc1C(=O)O. The number of hydrogen-bond donors (Lipinski definition) is 2. The van der Waals surface area contributed by atoms with E-state index < -0.39 is 5.97 Å². The number of carboxylic acids is 1. The van der Waals surface area contributed by atoms with E-state index in [1.165, 1.54) is 12.1 Å². The first-order valence-corrected chi connectivity index (χ1v) is 3.40. The average Bonchev–Trinajstić information content (AvgIpc) is 2.03. The van der Waals surface area contributed by atoms with Crippen LogP contribution in [0.2, 0.25) is 0 Å². The molecule has 1 aromatic carbocycles. The van der Waals surface area contributed by atoms with E-state index >= 15 is 0 Å². The molecule has 1 aromatic rings. The third-order valence-corrected chi connectivity index (χ3v) is 1.53. The molecule has 0 radical (unpaired) electrons. The number of anilines is 1. The number of rotatable bonds is 2. The molecule has 3 heteroatoms. The molecule has 0 saturated carbocycles. The highest BCUT2D eigenvalue weighted by Gasteiger charge is 2.06. The van der Waals surface area contributed by atoms with Crippen LogP contribution in [0.25, 0.3) is 6.08 Å². The number of nitrogen functional groups attached to an aromatic ring is 1. The summed E-state index contributed by atoms with van der Waals surface area (Å²) in [6.45, 7) is 3.50. The Labute approximate surface area is 70.1 Å². The quantitative estimate of drug-likeness (QED) is 0.651. The summed E-state index contributed by atoms with van der Waals surface area (Å²) in [5.74, 6) is -0.968. The van der Waals surface area contributed by atoms with Crippen molar-refractivity contribution >= 4 is 17.7 Å². The van der Waals surface area contributed by atoms with Crippen molar-refractivity contribution in [2.24, 2.45) is 0 Å². The topological polar surface area (TPSA) is 63.3 Å². The highest BCUT2D eigenvalue weighted by Crippen LogP contribution is 2.14. The molecule has 0 unspecified atom stereocenters. The molecule has 0 atom stereocenters. The van der Waals surface area contributed by atoms with E-state index in [0.717, 1.165) is 0 Å². The van der Waals surface area contributed by atoms with Crippen molar-refractivity contribution in [3.63, 3.8) is 0 Å². The van der Waals surface area contributed by atoms with Gasteiger partial charge in [0.1, 0.15) is 0 Å². The maximum atomic E-state index is 10.6. The minimum atomic E-state index is -0.968. The second kappa shape index (κ2) is 3.09. The van der Waals surface area contributed by atoms with Gasteiger partial charge in [-0.25, -0.2) is 4.79 Å². The third kappa shape index (κ3) is 1.45. The first-order chi connectivity index (χ1) is 5.65. The Bertz CT molecular complexity index is 331. The maximum absolute atomic E-state index is 10.6. The van der Waals surface area contributed by atoms with Crippen LogP contribution in [0.1, 0.15) is 15.9 Å². The normalized spacial score (nSPS) is 9.33. The molecule has 3 nitrogen and oxygen atoms in total. The lowest BCUT2D eigenvalue weighted by Gasteiger charge is -2.01. The molecular weight excluding hydrogens is 154 g/mol. The monoisotopic (exact) mass is 163 g/mol. The molecular formula is C9H9NO2. The van der Waals surface area contributed by atoms with Gasteiger partial charge in [-0.2, -0.15) is 0 Å². The zero-order valence-corrected chi connectivity index (χ0v) is 6.45. The maximum Gasteiger partial charge on any atom is 0.336 e. The van der Waals surface area contributed by atoms with Crippen molar-refractivity contribution in [2.75, 3.05) is 5.73 Å². The predicted molar refractivity (Wildman–Crippen MR) is 47.9 cm³/mol. The van der Waals surface area contributed by atoms with Crippen LogP contribution < -0.4 is 5.73 Å². The molecule has 0 bridgehead atoms. The Morgan fingerprint density at radius 2 is 2.25 bits per heavy atom. The largest absolute Gasteiger partial charge is 0.478 e. The number of benzene rings is 1. The predicted octanol–water partition coefficient (Wildman–Crippen LogP) is 1.61. The van der Waals surface area contributed by atoms with Gasteiger partial charge in [-0.3, -0.25) is 0 Å². The fourth-order valence-electron chi connectivity index (χ4n) is 0.945. The molecule has 0 saturated heterocycles. The van der Waals surface area contributed by atoms with Gasteiger partial charge in [0.05, 0.1) is 5.56 Å². The summed E-state index contributed by atoms with van der Waals surface area (Å²) < 4.78 is 0. The Morgan fingerprint density at radius 3 is 2.75 bits per heavy atom. The molecule has 0 aliphatic rings. The van der Waals surface area contributed by atoms with Gasteiger partial charge < -0.3 is 10.8 Å². The first kappa shape index (κ1) is 8.33. The van der Waals surface area contributed by atoms with Crippen molar-refractivity contribution in [3.8, 4) is 0 Å². The zero-order valence-electron chi connectivity index (χ0n) is 6.45. The zero-order chi connectivity index (χ0) is 9.14. The van der Waals surface area contributed by atoms with Crippen LogP contribution in [0.5, 0.6) is 0 Å². The number of carbonyl (C=O) groups is 1. The second-order valence-corrected chi connectivity index (χ2v) is 2.36. The van der Waals surface area contributed by atoms with Crippen molar-refractivity contribution in [1.29, 1.82) is 0 Å². The molecule has 62 valence electrons. The lowest BCUT2D eigenvalue weighted by Crippen LogP contribution is -2.00. The molecule has 0 aliphatic heterocycles. The minimum Gasteiger partial charge on any atom is -0.478 e. The van der Waals surface area contributed by atoms with Crippen molar-refractivity contribution in [1.82, 2.24) is 0 Å². The van der Waals surface area contributed by atoms with Gasteiger partial charge in [0.2, 0.25) is 0 Å². The Balaban J connectivity index is 3.29. The van der Waals surface area contributed by atoms with Crippen LogP contribution in [0.3, 0.4) is 0 Å². The lowest BCUT2D eigenvalue weighted by molar-refractivity contribution is 0.0696. The van der Waals surface area contributed by atoms with Crippen molar-refractivity contribution in [3.05, 3.63) is 35.9 Å². The van der Waals surface area contributed by atoms with Crippen LogP contribution in [-0.2, 0) is 0 Å². The van der Waals surface area contributed by atoms with Crippen molar-refractivity contribution < 1.29 is 9.90 Å². The molecule has 0 heterocycles. The summed E-state index contributed by atoms with van der Waals surface area (Å²) in [6, 6.07) is 4.60. The van der Waals surface area contributed by atoms with Gasteiger partial charge >= 0.3 is 5.97 Å². The number of hydrogen-bond acceptors (Lipinski definition) is 2. The average molecular weight is 163 g/mol. The fraction of sp³-hybridized carbons (Fsp3) is 0. The Hall–Kier alpha value is -1.77. The number of aromatic carboxylic acids is 1. The minimum absolute atomic E-state index is 0.221. The summed E-state index contributed by atoms with van der Waals surface area (Å²) in [7, 11) is 0. The van der Waals surface area contributed by atoms with E-state index in [2.05, 4.69) is 6.58 Å². The molecule has 0 amide bonds. The first-order valence-electron chi connectivity index (χ1n) is 3.40. The van der Waals surface area contributed by atoms with Crippen LogP contribution in [0.4, 0.5) is 5.69 Å². The van der Waals surface area contributed by atoms with Crippen LogP contribution in [-0.4, -0.2) is 11.1 Å². The van der Waals surface area contributed by atoms with E-state index in [9.17, 15) is 4.79 Å². The molecule has 0 spiro atoms. The van der Waals surface area contributed by atoms with E-state index in [1.807, 2.05) is 0 Å². The number of nitrogens with two attached hydrogens (primary N) is 1. The summed E-state index contributed by atoms with van der Waals surface area (Å²) in [4.78, 5) is 10.6. The molecule has 1 rings (SSSR count). The van der Waals surface area contributed by atoms with Gasteiger partial charge in [0, 0.05) is 5.69 Å². The Morgan fingerprint density at radius 1 is 1.58 bits per heavy atom. The van der Waals surface area contributed by atoms with E-state index in [4.69, 9.17) is 10.8 Å². The van der Waals surface area contributed by atoms with Gasteiger partial charge in [-0.15, -0.1) is 0 Å². The van der Waals surface area contributed by atoms with Crippen molar-refractivity contribution in [2.45, 2.75) is 0 Å². The smallest absolute Gasteiger partial charge is 0.336 e. The summed E-state index contributed by atoms with van der Waals surface area (Å²) >= 11 is 0. The lowest BCUT2D eigenvalue weighted by atomic mass is 10.1. The molecule has 0 fully saturated rings. The van der Waals surface area contributed by atoms with Gasteiger partial charge in [0.25, 0.3) is 0 Å². The van der Waals surface area contributed by atoms with Crippen LogP contribution in [0.15, 0.2) is 24.8 Å². The van der Waals surface area contributed by atoms with E-state index in [-0.39, 0.29) is 5.56 Å². The molecule has 3 N–H and O–H groups in total. The summed E-state index contributed by atoms with van der Waals surface area (Å²) in [5.41, 5.74) is 6.76. The standard InChI is InChI=1S/C9H9NO2/c1-2-6-5-7(10)3-4-8(6)9(11)12/h2-5H,1,10H2,(H,11,12). The second-order valence-electron chi connectivity index (χ2n) is 2.36. The highest BCUT2D eigenvalue weighted by molar-refractivity contribution is 5.92. The van der Waals surface area contributed by atoms with Gasteiger partial charge in [-0.1, -0.05) is 12.7 Å². The molecule has 12 heavy (non-hydrogen) atoms. The molecule has 0 aromatic heterocycles. The summed E-state index contributed by atoms with van der Waals surface area (Å²) in [5, 5.41) is 8.70. The van der Waals surface area contributed by atoms with Gasteiger partial charge in [-0.05, 0) is 23.8 Å². The van der Waals surface area contributed by atoms with Crippen LogP contribution in [0, 0.1) is 0 Å². The van der Waals surface area contributed by atoms with E-state index in [1.54, 1.807) is 12.1 Å². The van der Waals surface area contributed by atoms with Gasteiger partial charge in [0.15, 0.2) is 0 Å².